The highest BCUT2D eigenvalue weighted by Gasteiger charge is 2.11. The van der Waals surface area contributed by atoms with Crippen molar-refractivity contribution >= 4 is 32.7 Å². The molecule has 0 atom stereocenters. The number of nitrogens with one attached hydrogen (secondary N) is 1. The molecular formula is C10H11NO2S3. The monoisotopic (exact) mass is 273 g/mol. The molecule has 0 aliphatic rings. The Balaban J connectivity index is 2.21. The minimum atomic E-state index is -3.16. The lowest BCUT2D eigenvalue weighted by atomic mass is 10.3. The van der Waals surface area contributed by atoms with Crippen LogP contribution in [0.3, 0.4) is 0 Å². The Labute approximate surface area is 103 Å². The number of thiophene rings is 2. The number of sulfonamides is 1. The summed E-state index contributed by atoms with van der Waals surface area (Å²) < 4.78 is 25.0. The van der Waals surface area contributed by atoms with Crippen LogP contribution in [0, 0.1) is 0 Å². The first-order chi connectivity index (χ1) is 7.61. The normalized spacial score (nSPS) is 11.8. The molecule has 2 rings (SSSR count). The Bertz CT molecular complexity index is 555. The third kappa shape index (κ3) is 2.70. The SMILES string of the molecule is CNS(=O)(=O)Cc1cc(-c2cccs2)cs1. The Morgan fingerprint density at radius 3 is 2.81 bits per heavy atom. The maximum atomic E-state index is 11.4. The largest absolute Gasteiger partial charge is 0.218 e. The van der Waals surface area contributed by atoms with E-state index in [0.29, 0.717) is 0 Å². The molecule has 86 valence electrons. The van der Waals surface area contributed by atoms with Crippen molar-refractivity contribution in [3.8, 4) is 10.4 Å². The third-order valence-corrected chi connectivity index (χ3v) is 5.45. The van der Waals surface area contributed by atoms with E-state index >= 15 is 0 Å². The van der Waals surface area contributed by atoms with Gasteiger partial charge < -0.3 is 0 Å². The molecular weight excluding hydrogens is 262 g/mol. The first-order valence-corrected chi connectivity index (χ1v) is 8.04. The van der Waals surface area contributed by atoms with Crippen LogP contribution in [0.4, 0.5) is 0 Å². The van der Waals surface area contributed by atoms with Gasteiger partial charge in [0.05, 0.1) is 5.75 Å². The first kappa shape index (κ1) is 11.8. The molecule has 2 heterocycles. The summed E-state index contributed by atoms with van der Waals surface area (Å²) in [6.07, 6.45) is 0. The van der Waals surface area contributed by atoms with Crippen molar-refractivity contribution in [1.82, 2.24) is 4.72 Å². The van der Waals surface area contributed by atoms with Gasteiger partial charge in [0.15, 0.2) is 0 Å². The second-order valence-electron chi connectivity index (χ2n) is 3.24. The summed E-state index contributed by atoms with van der Waals surface area (Å²) in [6.45, 7) is 0. The second-order valence-corrected chi connectivity index (χ2v) is 7.11. The fourth-order valence-electron chi connectivity index (χ4n) is 1.29. The van der Waals surface area contributed by atoms with Crippen LogP contribution < -0.4 is 4.72 Å². The van der Waals surface area contributed by atoms with E-state index in [1.807, 2.05) is 29.0 Å². The lowest BCUT2D eigenvalue weighted by Crippen LogP contribution is -2.19. The van der Waals surface area contributed by atoms with Gasteiger partial charge in [-0.15, -0.1) is 22.7 Å². The molecule has 6 heteroatoms. The van der Waals surface area contributed by atoms with Crippen molar-refractivity contribution in [2.75, 3.05) is 7.05 Å². The minimum absolute atomic E-state index is 0.0551. The lowest BCUT2D eigenvalue weighted by Gasteiger charge is -1.98. The van der Waals surface area contributed by atoms with Crippen LogP contribution in [-0.4, -0.2) is 15.5 Å². The van der Waals surface area contributed by atoms with Gasteiger partial charge in [0.2, 0.25) is 10.0 Å². The van der Waals surface area contributed by atoms with Crippen molar-refractivity contribution in [3.05, 3.63) is 33.8 Å². The number of hydrogen-bond acceptors (Lipinski definition) is 4. The molecule has 0 amide bonds. The third-order valence-electron chi connectivity index (χ3n) is 2.10. The van der Waals surface area contributed by atoms with E-state index in [9.17, 15) is 8.42 Å². The highest BCUT2D eigenvalue weighted by atomic mass is 32.2. The fraction of sp³-hybridized carbons (Fsp3) is 0.200. The van der Waals surface area contributed by atoms with E-state index in [1.165, 1.54) is 23.3 Å². The first-order valence-electron chi connectivity index (χ1n) is 4.63. The summed E-state index contributed by atoms with van der Waals surface area (Å²) in [6, 6.07) is 5.95. The Kier molecular flexibility index (Phi) is 3.44. The van der Waals surface area contributed by atoms with Crippen molar-refractivity contribution in [2.24, 2.45) is 0 Å². The Morgan fingerprint density at radius 1 is 1.38 bits per heavy atom. The molecule has 0 saturated heterocycles. The van der Waals surface area contributed by atoms with Gasteiger partial charge in [-0.05, 0) is 29.9 Å². The van der Waals surface area contributed by atoms with Crippen molar-refractivity contribution in [2.45, 2.75) is 5.75 Å². The van der Waals surface area contributed by atoms with E-state index in [0.717, 1.165) is 10.4 Å². The van der Waals surface area contributed by atoms with Crippen molar-refractivity contribution < 1.29 is 8.42 Å². The smallest absolute Gasteiger partial charge is 0.216 e. The summed E-state index contributed by atoms with van der Waals surface area (Å²) in [7, 11) is -1.73. The average Bonchev–Trinajstić information content (AvgIpc) is 2.86. The molecule has 2 aromatic heterocycles. The van der Waals surface area contributed by atoms with Gasteiger partial charge >= 0.3 is 0 Å². The fourth-order valence-corrected chi connectivity index (χ4v) is 4.09. The molecule has 16 heavy (non-hydrogen) atoms. The quantitative estimate of drug-likeness (QED) is 0.930. The predicted octanol–water partition coefficient (Wildman–Crippen LogP) is 2.53. The van der Waals surface area contributed by atoms with E-state index in [2.05, 4.69) is 4.72 Å². The zero-order valence-electron chi connectivity index (χ0n) is 8.64. The van der Waals surface area contributed by atoms with Crippen LogP contribution in [-0.2, 0) is 15.8 Å². The highest BCUT2D eigenvalue weighted by Crippen LogP contribution is 2.29. The molecule has 2 aromatic rings. The van der Waals surface area contributed by atoms with Gasteiger partial charge in [-0.3, -0.25) is 0 Å². The van der Waals surface area contributed by atoms with Crippen molar-refractivity contribution in [3.63, 3.8) is 0 Å². The standard InChI is InChI=1S/C10H11NO2S3/c1-11-16(12,13)7-9-5-8(6-15-9)10-3-2-4-14-10/h2-6,11H,7H2,1H3. The second kappa shape index (κ2) is 4.67. The van der Waals surface area contributed by atoms with Crippen LogP contribution in [0.25, 0.3) is 10.4 Å². The van der Waals surface area contributed by atoms with E-state index in [-0.39, 0.29) is 5.75 Å². The lowest BCUT2D eigenvalue weighted by molar-refractivity contribution is 0.588. The molecule has 0 bridgehead atoms. The molecule has 0 unspecified atom stereocenters. The topological polar surface area (TPSA) is 46.2 Å². The Morgan fingerprint density at radius 2 is 2.19 bits per heavy atom. The van der Waals surface area contributed by atoms with Crippen LogP contribution in [0.5, 0.6) is 0 Å². The number of hydrogen-bond donors (Lipinski definition) is 1. The molecule has 0 aromatic carbocycles. The summed E-state index contributed by atoms with van der Waals surface area (Å²) in [4.78, 5) is 2.03. The van der Waals surface area contributed by atoms with Crippen LogP contribution in [0.2, 0.25) is 0 Å². The van der Waals surface area contributed by atoms with Gasteiger partial charge in [-0.2, -0.15) is 0 Å². The van der Waals surface area contributed by atoms with Gasteiger partial charge in [-0.25, -0.2) is 13.1 Å². The van der Waals surface area contributed by atoms with Gasteiger partial charge in [-0.1, -0.05) is 6.07 Å². The van der Waals surface area contributed by atoms with E-state index in [4.69, 9.17) is 0 Å². The zero-order chi connectivity index (χ0) is 11.6. The van der Waals surface area contributed by atoms with Crippen LogP contribution in [0.1, 0.15) is 4.88 Å². The van der Waals surface area contributed by atoms with Crippen molar-refractivity contribution in [1.29, 1.82) is 0 Å². The summed E-state index contributed by atoms with van der Waals surface area (Å²) in [5.74, 6) is 0.0551. The van der Waals surface area contributed by atoms with Gasteiger partial charge in [0.25, 0.3) is 0 Å². The maximum Gasteiger partial charge on any atom is 0.216 e. The molecule has 0 radical (unpaired) electrons. The van der Waals surface area contributed by atoms with Gasteiger partial charge in [0, 0.05) is 15.3 Å². The zero-order valence-corrected chi connectivity index (χ0v) is 11.1. The van der Waals surface area contributed by atoms with Gasteiger partial charge in [0.1, 0.15) is 0 Å². The molecule has 0 saturated carbocycles. The summed E-state index contributed by atoms with van der Waals surface area (Å²) in [5.41, 5.74) is 1.10. The average molecular weight is 273 g/mol. The number of rotatable bonds is 4. The minimum Gasteiger partial charge on any atom is -0.218 e. The van der Waals surface area contributed by atoms with Crippen LogP contribution >= 0.6 is 22.7 Å². The van der Waals surface area contributed by atoms with Crippen LogP contribution in [0.15, 0.2) is 29.0 Å². The summed E-state index contributed by atoms with van der Waals surface area (Å²) >= 11 is 3.13. The highest BCUT2D eigenvalue weighted by molar-refractivity contribution is 7.88. The summed E-state index contributed by atoms with van der Waals surface area (Å²) in [5, 5.41) is 4.00. The van der Waals surface area contributed by atoms with E-state index in [1.54, 1.807) is 11.3 Å². The molecule has 0 aliphatic heterocycles. The maximum absolute atomic E-state index is 11.4. The molecule has 3 nitrogen and oxygen atoms in total. The molecule has 0 spiro atoms. The Hall–Kier alpha value is -0.690. The molecule has 0 aliphatic carbocycles. The predicted molar refractivity (Wildman–Crippen MR) is 69.3 cm³/mol. The molecule has 1 N–H and O–H groups in total. The molecule has 0 fully saturated rings. The van der Waals surface area contributed by atoms with E-state index < -0.39 is 10.0 Å².